The maximum absolute atomic E-state index is 13.0. The van der Waals surface area contributed by atoms with Crippen LogP contribution in [-0.2, 0) is 0 Å². The first-order chi connectivity index (χ1) is 9.11. The van der Waals surface area contributed by atoms with Crippen LogP contribution in [0.3, 0.4) is 0 Å². The highest BCUT2D eigenvalue weighted by atomic mass is 19.1. The fraction of sp³-hybridized carbons (Fsp3) is 0.267. The highest BCUT2D eigenvalue weighted by molar-refractivity contribution is 5.62. The van der Waals surface area contributed by atoms with Gasteiger partial charge in [-0.3, -0.25) is 4.98 Å². The lowest BCUT2D eigenvalue weighted by Gasteiger charge is -2.23. The van der Waals surface area contributed by atoms with Gasteiger partial charge in [0.2, 0.25) is 0 Å². The van der Waals surface area contributed by atoms with Gasteiger partial charge in [-0.2, -0.15) is 0 Å². The Morgan fingerprint density at radius 1 is 1.16 bits per heavy atom. The minimum absolute atomic E-state index is 0.0741. The first kappa shape index (κ1) is 13.5. The van der Waals surface area contributed by atoms with Crippen molar-refractivity contribution >= 4 is 11.4 Å². The van der Waals surface area contributed by atoms with E-state index in [1.807, 2.05) is 26.0 Å². The third-order valence-electron chi connectivity index (χ3n) is 3.00. The van der Waals surface area contributed by atoms with Crippen LogP contribution in [0.2, 0.25) is 0 Å². The second kappa shape index (κ2) is 5.80. The molecule has 0 saturated heterocycles. The lowest BCUT2D eigenvalue weighted by molar-refractivity contribution is 0.628. The molecule has 4 heteroatoms. The number of anilines is 2. The minimum Gasteiger partial charge on any atom is -0.341 e. The molecule has 0 amide bonds. The first-order valence-corrected chi connectivity index (χ1v) is 6.36. The van der Waals surface area contributed by atoms with Crippen molar-refractivity contribution < 1.29 is 4.39 Å². The molecule has 0 saturated carbocycles. The van der Waals surface area contributed by atoms with Crippen molar-refractivity contribution in [3.63, 3.8) is 0 Å². The van der Waals surface area contributed by atoms with E-state index in [2.05, 4.69) is 9.88 Å². The summed E-state index contributed by atoms with van der Waals surface area (Å²) in [5, 5.41) is 0. The quantitative estimate of drug-likeness (QED) is 0.915. The highest BCUT2D eigenvalue weighted by Crippen LogP contribution is 2.25. The summed E-state index contributed by atoms with van der Waals surface area (Å²) in [7, 11) is 0. The number of rotatable bonds is 4. The third kappa shape index (κ3) is 3.09. The fourth-order valence-electron chi connectivity index (χ4n) is 1.96. The summed E-state index contributed by atoms with van der Waals surface area (Å²) in [4.78, 5) is 6.42. The van der Waals surface area contributed by atoms with E-state index in [0.717, 1.165) is 23.6 Å². The van der Waals surface area contributed by atoms with Gasteiger partial charge < -0.3 is 10.6 Å². The van der Waals surface area contributed by atoms with E-state index >= 15 is 0 Å². The second-order valence-corrected chi connectivity index (χ2v) is 4.45. The normalized spacial score (nSPS) is 12.2. The zero-order chi connectivity index (χ0) is 13.8. The highest BCUT2D eigenvalue weighted by Gasteiger charge is 2.08. The molecule has 2 N–H and O–H groups in total. The van der Waals surface area contributed by atoms with Gasteiger partial charge in [0, 0.05) is 18.3 Å². The summed E-state index contributed by atoms with van der Waals surface area (Å²) < 4.78 is 13.0. The minimum atomic E-state index is -0.231. The summed E-state index contributed by atoms with van der Waals surface area (Å²) in [5.74, 6) is -0.231. The van der Waals surface area contributed by atoms with E-state index in [0.29, 0.717) is 0 Å². The van der Waals surface area contributed by atoms with E-state index in [1.54, 1.807) is 18.3 Å². The summed E-state index contributed by atoms with van der Waals surface area (Å²) in [6.45, 7) is 4.73. The molecule has 3 nitrogen and oxygen atoms in total. The predicted molar refractivity (Wildman–Crippen MR) is 75.9 cm³/mol. The van der Waals surface area contributed by atoms with Crippen LogP contribution in [-0.4, -0.2) is 11.5 Å². The molecule has 100 valence electrons. The Kier molecular flexibility index (Phi) is 4.12. The molecule has 0 radical (unpaired) electrons. The van der Waals surface area contributed by atoms with Gasteiger partial charge >= 0.3 is 0 Å². The van der Waals surface area contributed by atoms with Crippen molar-refractivity contribution in [1.29, 1.82) is 0 Å². The predicted octanol–water partition coefficient (Wildman–Crippen LogP) is 3.40. The van der Waals surface area contributed by atoms with Gasteiger partial charge in [0.25, 0.3) is 0 Å². The topological polar surface area (TPSA) is 42.1 Å². The standard InChI is InChI=1S/C15H18FN3/c1-3-19(13-6-4-12(16)5-7-13)14-8-9-15(11(2)17)18-10-14/h4-11H,3,17H2,1-2H3/t11-/m1/s1. The van der Waals surface area contributed by atoms with Gasteiger partial charge in [-0.15, -0.1) is 0 Å². The smallest absolute Gasteiger partial charge is 0.123 e. The number of halogens is 1. The van der Waals surface area contributed by atoms with Gasteiger partial charge in [-0.05, 0) is 50.2 Å². The number of hydrogen-bond donors (Lipinski definition) is 1. The Labute approximate surface area is 112 Å². The molecule has 1 atom stereocenters. The van der Waals surface area contributed by atoms with Crippen molar-refractivity contribution in [2.24, 2.45) is 5.73 Å². The van der Waals surface area contributed by atoms with Gasteiger partial charge in [0.15, 0.2) is 0 Å². The maximum atomic E-state index is 13.0. The summed E-state index contributed by atoms with van der Waals surface area (Å²) in [5.41, 5.74) is 8.56. The molecule has 1 aromatic carbocycles. The third-order valence-corrected chi connectivity index (χ3v) is 3.00. The Morgan fingerprint density at radius 2 is 1.79 bits per heavy atom. The molecule has 2 aromatic rings. The Bertz CT molecular complexity index is 520. The zero-order valence-corrected chi connectivity index (χ0v) is 11.2. The number of nitrogens with zero attached hydrogens (tertiary/aromatic N) is 2. The Balaban J connectivity index is 2.28. The molecule has 1 aromatic heterocycles. The van der Waals surface area contributed by atoms with E-state index in [1.165, 1.54) is 12.1 Å². The van der Waals surface area contributed by atoms with Crippen LogP contribution in [0.1, 0.15) is 25.6 Å². The number of aromatic nitrogens is 1. The number of hydrogen-bond acceptors (Lipinski definition) is 3. The second-order valence-electron chi connectivity index (χ2n) is 4.45. The van der Waals surface area contributed by atoms with E-state index in [4.69, 9.17) is 5.73 Å². The van der Waals surface area contributed by atoms with E-state index < -0.39 is 0 Å². The molecule has 0 fully saturated rings. The van der Waals surface area contributed by atoms with Crippen molar-refractivity contribution in [3.05, 3.63) is 54.1 Å². The van der Waals surface area contributed by atoms with Crippen molar-refractivity contribution in [3.8, 4) is 0 Å². The molecular weight excluding hydrogens is 241 g/mol. The van der Waals surface area contributed by atoms with E-state index in [9.17, 15) is 4.39 Å². The summed E-state index contributed by atoms with van der Waals surface area (Å²) in [6, 6.07) is 10.3. The monoisotopic (exact) mass is 259 g/mol. The van der Waals surface area contributed by atoms with Gasteiger partial charge in [-0.25, -0.2) is 4.39 Å². The molecule has 0 bridgehead atoms. The Morgan fingerprint density at radius 3 is 2.26 bits per heavy atom. The van der Waals surface area contributed by atoms with Crippen LogP contribution >= 0.6 is 0 Å². The van der Waals surface area contributed by atoms with Crippen LogP contribution in [0, 0.1) is 5.82 Å². The first-order valence-electron chi connectivity index (χ1n) is 6.36. The molecule has 0 aliphatic carbocycles. The fourth-order valence-corrected chi connectivity index (χ4v) is 1.96. The lowest BCUT2D eigenvalue weighted by Crippen LogP contribution is -2.16. The maximum Gasteiger partial charge on any atom is 0.123 e. The van der Waals surface area contributed by atoms with Crippen LogP contribution in [0.25, 0.3) is 0 Å². The largest absolute Gasteiger partial charge is 0.341 e. The van der Waals surface area contributed by atoms with Crippen LogP contribution in [0.15, 0.2) is 42.6 Å². The summed E-state index contributed by atoms with van der Waals surface area (Å²) in [6.07, 6.45) is 1.80. The molecule has 0 aliphatic heterocycles. The van der Waals surface area contributed by atoms with Crippen LogP contribution < -0.4 is 10.6 Å². The van der Waals surface area contributed by atoms with Crippen molar-refractivity contribution in [2.75, 3.05) is 11.4 Å². The molecular formula is C15H18FN3. The van der Waals surface area contributed by atoms with Crippen molar-refractivity contribution in [2.45, 2.75) is 19.9 Å². The lowest BCUT2D eigenvalue weighted by atomic mass is 10.2. The number of pyridine rings is 1. The molecule has 0 unspecified atom stereocenters. The van der Waals surface area contributed by atoms with E-state index in [-0.39, 0.29) is 11.9 Å². The SMILES string of the molecule is CCN(c1ccc(F)cc1)c1ccc([C@@H](C)N)nc1. The molecule has 2 rings (SSSR count). The molecule has 0 spiro atoms. The van der Waals surface area contributed by atoms with Gasteiger partial charge in [-0.1, -0.05) is 0 Å². The summed E-state index contributed by atoms with van der Waals surface area (Å²) >= 11 is 0. The zero-order valence-electron chi connectivity index (χ0n) is 11.2. The van der Waals surface area contributed by atoms with Crippen LogP contribution in [0.4, 0.5) is 15.8 Å². The number of benzene rings is 1. The molecule has 19 heavy (non-hydrogen) atoms. The van der Waals surface area contributed by atoms with Crippen LogP contribution in [0.5, 0.6) is 0 Å². The molecule has 1 heterocycles. The van der Waals surface area contributed by atoms with Crippen molar-refractivity contribution in [1.82, 2.24) is 4.98 Å². The Hall–Kier alpha value is -1.94. The van der Waals surface area contributed by atoms with Gasteiger partial charge in [0.05, 0.1) is 17.6 Å². The average Bonchev–Trinajstić information content (AvgIpc) is 2.42. The number of nitrogens with two attached hydrogens (primary N) is 1. The average molecular weight is 259 g/mol. The van der Waals surface area contributed by atoms with Gasteiger partial charge in [0.1, 0.15) is 5.82 Å². The molecule has 0 aliphatic rings.